The summed E-state index contributed by atoms with van der Waals surface area (Å²) in [5, 5.41) is 7.08. The van der Waals surface area contributed by atoms with Gasteiger partial charge < -0.3 is 4.74 Å². The van der Waals surface area contributed by atoms with Crippen molar-refractivity contribution in [3.05, 3.63) is 64.7 Å². The molecule has 0 bridgehead atoms. The molecule has 0 amide bonds. The van der Waals surface area contributed by atoms with Crippen LogP contribution >= 0.6 is 0 Å². The number of ether oxygens (including phenoxy) is 1. The van der Waals surface area contributed by atoms with E-state index >= 15 is 0 Å². The van der Waals surface area contributed by atoms with E-state index in [1.807, 2.05) is 0 Å². The highest BCUT2D eigenvalue weighted by atomic mass is 19.2. The molecule has 22 heavy (non-hydrogen) atoms. The highest BCUT2D eigenvalue weighted by molar-refractivity contribution is 5.83. The summed E-state index contributed by atoms with van der Waals surface area (Å²) in [4.78, 5) is 0. The minimum absolute atomic E-state index is 0.0104. The lowest BCUT2D eigenvalue weighted by molar-refractivity contribution is 0.411. The predicted octanol–water partition coefficient (Wildman–Crippen LogP) is 3.70. The van der Waals surface area contributed by atoms with Gasteiger partial charge in [-0.15, -0.1) is 0 Å². The van der Waals surface area contributed by atoms with Crippen LogP contribution in [0.5, 0.6) is 5.75 Å². The zero-order chi connectivity index (χ0) is 16.1. The van der Waals surface area contributed by atoms with Crippen LogP contribution in [0.15, 0.2) is 40.5 Å². The quantitative estimate of drug-likeness (QED) is 0.367. The summed E-state index contributed by atoms with van der Waals surface area (Å²) >= 11 is 0. The van der Waals surface area contributed by atoms with Crippen LogP contribution in [0.2, 0.25) is 0 Å². The molecule has 0 unspecified atom stereocenters. The maximum Gasteiger partial charge on any atom is 0.194 e. The highest BCUT2D eigenvalue weighted by Gasteiger charge is 2.09. The fraction of sp³-hybridized carbons (Fsp3) is 0.0667. The molecular weight excluding hydrogens is 300 g/mol. The van der Waals surface area contributed by atoms with Gasteiger partial charge in [0.15, 0.2) is 17.5 Å². The van der Waals surface area contributed by atoms with Crippen LogP contribution in [0, 0.1) is 23.3 Å². The molecule has 3 nitrogen and oxygen atoms in total. The van der Waals surface area contributed by atoms with Crippen molar-refractivity contribution in [1.82, 2.24) is 0 Å². The molecule has 0 heterocycles. The SMILES string of the molecule is COc1ccc(C=NN=Cc2cc(F)c(F)c(F)c2)c(F)c1. The van der Waals surface area contributed by atoms with Gasteiger partial charge in [0.2, 0.25) is 0 Å². The zero-order valence-electron chi connectivity index (χ0n) is 11.4. The second-order valence-electron chi connectivity index (χ2n) is 4.18. The first-order chi connectivity index (χ1) is 10.5. The molecule has 0 aliphatic heterocycles. The second-order valence-corrected chi connectivity index (χ2v) is 4.18. The maximum absolute atomic E-state index is 13.6. The molecule has 0 aliphatic rings. The van der Waals surface area contributed by atoms with Gasteiger partial charge in [-0.3, -0.25) is 0 Å². The van der Waals surface area contributed by atoms with E-state index in [1.165, 1.54) is 19.2 Å². The predicted molar refractivity (Wildman–Crippen MR) is 74.5 cm³/mol. The van der Waals surface area contributed by atoms with E-state index in [9.17, 15) is 17.6 Å². The summed E-state index contributed by atoms with van der Waals surface area (Å²) in [7, 11) is 1.41. The fourth-order valence-electron chi connectivity index (χ4n) is 1.58. The molecule has 2 aromatic rings. The first-order valence-electron chi connectivity index (χ1n) is 6.05. The summed E-state index contributed by atoms with van der Waals surface area (Å²) in [6.07, 6.45) is 2.14. The van der Waals surface area contributed by atoms with Crippen molar-refractivity contribution >= 4 is 12.4 Å². The lowest BCUT2D eigenvalue weighted by Gasteiger charge is -2.00. The summed E-state index contributed by atoms with van der Waals surface area (Å²) in [6.45, 7) is 0. The summed E-state index contributed by atoms with van der Waals surface area (Å²) < 4.78 is 57.1. The molecule has 0 saturated carbocycles. The number of halogens is 4. The number of benzene rings is 2. The van der Waals surface area contributed by atoms with Crippen molar-refractivity contribution < 1.29 is 22.3 Å². The van der Waals surface area contributed by atoms with Crippen LogP contribution in [0.25, 0.3) is 0 Å². The van der Waals surface area contributed by atoms with E-state index in [1.54, 1.807) is 6.07 Å². The Hall–Kier alpha value is -2.70. The van der Waals surface area contributed by atoms with Crippen molar-refractivity contribution in [2.24, 2.45) is 10.2 Å². The van der Waals surface area contributed by atoms with E-state index in [4.69, 9.17) is 4.74 Å². The van der Waals surface area contributed by atoms with Gasteiger partial charge in [-0.2, -0.15) is 10.2 Å². The third kappa shape index (κ3) is 3.69. The van der Waals surface area contributed by atoms with Crippen molar-refractivity contribution in [3.8, 4) is 5.75 Å². The highest BCUT2D eigenvalue weighted by Crippen LogP contribution is 2.15. The number of hydrogen-bond acceptors (Lipinski definition) is 3. The molecule has 114 valence electrons. The lowest BCUT2D eigenvalue weighted by Crippen LogP contribution is -1.93. The van der Waals surface area contributed by atoms with Gasteiger partial charge in [-0.05, 0) is 24.3 Å². The van der Waals surface area contributed by atoms with Crippen molar-refractivity contribution in [2.75, 3.05) is 7.11 Å². The van der Waals surface area contributed by atoms with E-state index < -0.39 is 23.3 Å². The first kappa shape index (κ1) is 15.7. The smallest absolute Gasteiger partial charge is 0.194 e. The van der Waals surface area contributed by atoms with E-state index in [0.29, 0.717) is 5.75 Å². The molecule has 0 N–H and O–H groups in total. The molecule has 7 heteroatoms. The molecule has 0 fully saturated rings. The molecule has 2 aromatic carbocycles. The van der Waals surface area contributed by atoms with Crippen LogP contribution < -0.4 is 4.74 Å². The third-order valence-corrected chi connectivity index (χ3v) is 2.68. The molecule has 0 radical (unpaired) electrons. The molecule has 0 atom stereocenters. The van der Waals surface area contributed by atoms with Crippen LogP contribution in [-0.4, -0.2) is 19.5 Å². The van der Waals surface area contributed by atoms with Gasteiger partial charge in [-0.25, -0.2) is 17.6 Å². The standard InChI is InChI=1S/C15H10F4N2O/c1-22-11-3-2-10(12(16)6-11)8-21-20-7-9-4-13(17)15(19)14(18)5-9/h2-8H,1H3. The van der Waals surface area contributed by atoms with E-state index in [-0.39, 0.29) is 11.1 Å². The van der Waals surface area contributed by atoms with Crippen molar-refractivity contribution in [2.45, 2.75) is 0 Å². The van der Waals surface area contributed by atoms with Crippen molar-refractivity contribution in [1.29, 1.82) is 0 Å². The van der Waals surface area contributed by atoms with Gasteiger partial charge in [-0.1, -0.05) is 0 Å². The summed E-state index contributed by atoms with van der Waals surface area (Å²) in [6, 6.07) is 5.69. The average molecular weight is 310 g/mol. The third-order valence-electron chi connectivity index (χ3n) is 2.68. The van der Waals surface area contributed by atoms with Crippen LogP contribution in [0.3, 0.4) is 0 Å². The Kier molecular flexibility index (Phi) is 4.88. The average Bonchev–Trinajstić information content (AvgIpc) is 2.50. The molecule has 0 spiro atoms. The largest absolute Gasteiger partial charge is 0.497 e. The summed E-state index contributed by atoms with van der Waals surface area (Å²) in [5.41, 5.74) is 0.151. The fourth-order valence-corrected chi connectivity index (χ4v) is 1.58. The summed E-state index contributed by atoms with van der Waals surface area (Å²) in [5.74, 6) is -4.41. The molecular formula is C15H10F4N2O. The Balaban J connectivity index is 2.12. The van der Waals surface area contributed by atoms with E-state index in [0.717, 1.165) is 24.6 Å². The number of methoxy groups -OCH3 is 1. The minimum Gasteiger partial charge on any atom is -0.497 e. The van der Waals surface area contributed by atoms with Crippen LogP contribution in [0.4, 0.5) is 17.6 Å². The van der Waals surface area contributed by atoms with Gasteiger partial charge >= 0.3 is 0 Å². The molecule has 0 saturated heterocycles. The monoisotopic (exact) mass is 310 g/mol. The lowest BCUT2D eigenvalue weighted by atomic mass is 10.2. The Bertz CT molecular complexity index is 721. The number of hydrogen-bond donors (Lipinski definition) is 0. The van der Waals surface area contributed by atoms with Crippen LogP contribution in [0.1, 0.15) is 11.1 Å². The van der Waals surface area contributed by atoms with Gasteiger partial charge in [0.05, 0.1) is 19.5 Å². The second kappa shape index (κ2) is 6.84. The normalized spacial score (nSPS) is 11.5. The topological polar surface area (TPSA) is 34.0 Å². The minimum atomic E-state index is -1.55. The Labute approximate surface area is 123 Å². The van der Waals surface area contributed by atoms with Gasteiger partial charge in [0, 0.05) is 17.2 Å². The van der Waals surface area contributed by atoms with Gasteiger partial charge in [0.25, 0.3) is 0 Å². The maximum atomic E-state index is 13.6. The number of rotatable bonds is 4. The Morgan fingerprint density at radius 3 is 2.09 bits per heavy atom. The Morgan fingerprint density at radius 2 is 1.50 bits per heavy atom. The van der Waals surface area contributed by atoms with Crippen LogP contribution in [-0.2, 0) is 0 Å². The zero-order valence-corrected chi connectivity index (χ0v) is 11.4. The molecule has 0 aromatic heterocycles. The van der Waals surface area contributed by atoms with Gasteiger partial charge in [0.1, 0.15) is 11.6 Å². The number of nitrogens with zero attached hydrogens (tertiary/aromatic N) is 2. The molecule has 2 rings (SSSR count). The van der Waals surface area contributed by atoms with E-state index in [2.05, 4.69) is 10.2 Å². The first-order valence-corrected chi connectivity index (χ1v) is 6.05. The molecule has 0 aliphatic carbocycles. The Morgan fingerprint density at radius 1 is 0.864 bits per heavy atom. The van der Waals surface area contributed by atoms with Crippen molar-refractivity contribution in [3.63, 3.8) is 0 Å².